The van der Waals surface area contributed by atoms with Crippen molar-refractivity contribution in [1.82, 2.24) is 5.32 Å². The summed E-state index contributed by atoms with van der Waals surface area (Å²) in [5, 5.41) is 2.53. The lowest BCUT2D eigenvalue weighted by atomic mass is 10.1. The summed E-state index contributed by atoms with van der Waals surface area (Å²) in [7, 11) is 0. The van der Waals surface area contributed by atoms with E-state index in [1.54, 1.807) is 49.4 Å². The molecule has 0 aliphatic carbocycles. The normalized spacial score (nSPS) is 19.5. The Balaban J connectivity index is 1.74. The van der Waals surface area contributed by atoms with Crippen molar-refractivity contribution in [3.8, 4) is 0 Å². The Labute approximate surface area is 142 Å². The largest absolute Gasteiger partial charge is 0.329 e. The molecule has 2 aliphatic rings. The first-order chi connectivity index (χ1) is 12.0. The van der Waals surface area contributed by atoms with Gasteiger partial charge in [0.2, 0.25) is 0 Å². The molecule has 0 spiro atoms. The van der Waals surface area contributed by atoms with Crippen molar-refractivity contribution in [2.75, 3.05) is 9.80 Å². The zero-order chi connectivity index (χ0) is 17.7. The quantitative estimate of drug-likeness (QED) is 0.671. The van der Waals surface area contributed by atoms with Crippen LogP contribution in [0.3, 0.4) is 0 Å². The zero-order valence-electron chi connectivity index (χ0n) is 13.2. The van der Waals surface area contributed by atoms with E-state index in [4.69, 9.17) is 0 Å². The third-order valence-electron chi connectivity index (χ3n) is 4.27. The molecule has 1 unspecified atom stereocenters. The minimum atomic E-state index is -0.615. The average molecular weight is 335 g/mol. The van der Waals surface area contributed by atoms with Crippen LogP contribution in [0.25, 0.3) is 0 Å². The van der Waals surface area contributed by atoms with Gasteiger partial charge in [-0.3, -0.25) is 14.4 Å². The summed E-state index contributed by atoms with van der Waals surface area (Å²) in [6.07, 6.45) is 0. The molecule has 7 nitrogen and oxygen atoms in total. The molecule has 1 N–H and O–H groups in total. The van der Waals surface area contributed by atoms with Gasteiger partial charge in [-0.1, -0.05) is 18.2 Å². The van der Waals surface area contributed by atoms with Crippen LogP contribution in [0.2, 0.25) is 0 Å². The molecule has 124 valence electrons. The van der Waals surface area contributed by atoms with Gasteiger partial charge in [0.05, 0.1) is 22.5 Å². The average Bonchev–Trinajstić information content (AvgIpc) is 3.01. The Morgan fingerprint density at radius 1 is 0.800 bits per heavy atom. The molecule has 0 bridgehead atoms. The van der Waals surface area contributed by atoms with Crippen molar-refractivity contribution in [3.63, 3.8) is 0 Å². The maximum atomic E-state index is 12.6. The minimum absolute atomic E-state index is 0.306. The lowest BCUT2D eigenvalue weighted by molar-refractivity contribution is -0.117. The van der Waals surface area contributed by atoms with Crippen molar-refractivity contribution < 1.29 is 19.2 Å². The first-order valence-corrected chi connectivity index (χ1v) is 7.71. The lowest BCUT2D eigenvalue weighted by Gasteiger charge is -2.18. The second-order valence-corrected chi connectivity index (χ2v) is 5.86. The Kier molecular flexibility index (Phi) is 3.18. The van der Waals surface area contributed by atoms with Crippen molar-refractivity contribution in [1.29, 1.82) is 0 Å². The summed E-state index contributed by atoms with van der Waals surface area (Å²) in [5.41, 5.74) is 1.28. The van der Waals surface area contributed by atoms with Crippen LogP contribution < -0.4 is 15.1 Å². The number of urea groups is 1. The number of amides is 5. The van der Waals surface area contributed by atoms with Crippen LogP contribution in [0, 0.1) is 0 Å². The number of rotatable bonds is 2. The first kappa shape index (κ1) is 15.1. The van der Waals surface area contributed by atoms with Gasteiger partial charge in [-0.2, -0.15) is 0 Å². The fourth-order valence-electron chi connectivity index (χ4n) is 3.04. The molecule has 5 amide bonds. The van der Waals surface area contributed by atoms with E-state index < -0.39 is 23.9 Å². The summed E-state index contributed by atoms with van der Waals surface area (Å²) in [5.74, 6) is -1.24. The van der Waals surface area contributed by atoms with Crippen molar-refractivity contribution in [2.45, 2.75) is 13.0 Å². The highest BCUT2D eigenvalue weighted by atomic mass is 16.2. The predicted octanol–water partition coefficient (Wildman–Crippen LogP) is 1.93. The maximum absolute atomic E-state index is 12.6. The minimum Gasteiger partial charge on any atom is -0.326 e. The van der Waals surface area contributed by atoms with Crippen LogP contribution in [-0.2, 0) is 4.79 Å². The number of benzene rings is 2. The topological polar surface area (TPSA) is 86.8 Å². The fraction of sp³-hybridized carbons (Fsp3) is 0.111. The molecular formula is C18H13N3O4. The Hall–Kier alpha value is -3.48. The van der Waals surface area contributed by atoms with E-state index in [1.165, 1.54) is 6.07 Å². The highest BCUT2D eigenvalue weighted by Gasteiger charge is 2.39. The molecule has 0 aromatic heterocycles. The molecule has 0 radical (unpaired) electrons. The van der Waals surface area contributed by atoms with Gasteiger partial charge < -0.3 is 5.32 Å². The van der Waals surface area contributed by atoms with Crippen LogP contribution in [0.4, 0.5) is 16.2 Å². The number of nitrogens with zero attached hydrogens (tertiary/aromatic N) is 2. The Bertz CT molecular complexity index is 918. The van der Waals surface area contributed by atoms with Crippen molar-refractivity contribution in [2.24, 2.45) is 0 Å². The number of carbonyl (C=O) groups is 4. The van der Waals surface area contributed by atoms with Gasteiger partial charge >= 0.3 is 6.03 Å². The van der Waals surface area contributed by atoms with Crippen molar-refractivity contribution in [3.05, 3.63) is 59.7 Å². The SMILES string of the molecule is CC1NC(=O)N(c2cccc(N3C(=O)c4ccccc4C3=O)c2)C1=O. The van der Waals surface area contributed by atoms with E-state index in [9.17, 15) is 19.2 Å². The number of nitrogens with one attached hydrogen (secondary N) is 1. The van der Waals surface area contributed by atoms with E-state index in [2.05, 4.69) is 5.32 Å². The molecule has 7 heteroatoms. The van der Waals surface area contributed by atoms with Gasteiger partial charge in [-0.25, -0.2) is 14.6 Å². The molecule has 25 heavy (non-hydrogen) atoms. The van der Waals surface area contributed by atoms with E-state index >= 15 is 0 Å². The summed E-state index contributed by atoms with van der Waals surface area (Å²) in [6, 6.07) is 11.7. The van der Waals surface area contributed by atoms with Crippen molar-refractivity contribution >= 4 is 35.1 Å². The lowest BCUT2D eigenvalue weighted by Crippen LogP contribution is -2.32. The van der Waals surface area contributed by atoms with Gasteiger partial charge in [0.1, 0.15) is 6.04 Å². The monoisotopic (exact) mass is 335 g/mol. The van der Waals surface area contributed by atoms with Gasteiger partial charge in [-0.05, 0) is 37.3 Å². The van der Waals surface area contributed by atoms with Crippen LogP contribution in [0.1, 0.15) is 27.6 Å². The zero-order valence-corrected chi connectivity index (χ0v) is 13.2. The summed E-state index contributed by atoms with van der Waals surface area (Å²) >= 11 is 0. The Morgan fingerprint density at radius 2 is 1.36 bits per heavy atom. The molecule has 1 saturated heterocycles. The van der Waals surface area contributed by atoms with E-state index in [0.717, 1.165) is 9.80 Å². The summed E-state index contributed by atoms with van der Waals surface area (Å²) in [6.45, 7) is 1.59. The highest BCUT2D eigenvalue weighted by Crippen LogP contribution is 2.31. The molecule has 2 aliphatic heterocycles. The molecular weight excluding hydrogens is 322 g/mol. The van der Waals surface area contributed by atoms with Gasteiger partial charge in [0.25, 0.3) is 17.7 Å². The second-order valence-electron chi connectivity index (χ2n) is 5.86. The molecule has 2 aromatic rings. The molecule has 2 heterocycles. The molecule has 2 aromatic carbocycles. The third kappa shape index (κ3) is 2.13. The standard InChI is InChI=1S/C18H13N3O4/c1-10-15(22)21(18(25)19-10)12-6-4-5-11(9-12)20-16(23)13-7-2-3-8-14(13)17(20)24/h2-10H,1H3,(H,19,25). The first-order valence-electron chi connectivity index (χ1n) is 7.71. The molecule has 1 fully saturated rings. The van der Waals surface area contributed by atoms with Gasteiger partial charge in [0.15, 0.2) is 0 Å². The molecule has 4 rings (SSSR count). The van der Waals surface area contributed by atoms with Crippen LogP contribution in [-0.4, -0.2) is 29.8 Å². The van der Waals surface area contributed by atoms with Gasteiger partial charge in [0, 0.05) is 0 Å². The van der Waals surface area contributed by atoms with E-state index in [-0.39, 0.29) is 5.91 Å². The summed E-state index contributed by atoms with van der Waals surface area (Å²) in [4.78, 5) is 51.3. The number of hydrogen-bond acceptors (Lipinski definition) is 4. The van der Waals surface area contributed by atoms with E-state index in [1.807, 2.05) is 0 Å². The second kappa shape index (κ2) is 5.27. The number of hydrogen-bond donors (Lipinski definition) is 1. The third-order valence-corrected chi connectivity index (χ3v) is 4.27. The number of fused-ring (bicyclic) bond motifs is 1. The van der Waals surface area contributed by atoms with Crippen LogP contribution in [0.5, 0.6) is 0 Å². The maximum Gasteiger partial charge on any atom is 0.329 e. The fourth-order valence-corrected chi connectivity index (χ4v) is 3.04. The number of imide groups is 2. The smallest absolute Gasteiger partial charge is 0.326 e. The highest BCUT2D eigenvalue weighted by molar-refractivity contribution is 6.34. The predicted molar refractivity (Wildman–Crippen MR) is 89.5 cm³/mol. The number of anilines is 2. The molecule has 0 saturated carbocycles. The van der Waals surface area contributed by atoms with Crippen LogP contribution >= 0.6 is 0 Å². The van der Waals surface area contributed by atoms with Gasteiger partial charge in [-0.15, -0.1) is 0 Å². The van der Waals surface area contributed by atoms with E-state index in [0.29, 0.717) is 22.5 Å². The Morgan fingerprint density at radius 3 is 1.88 bits per heavy atom. The molecule has 1 atom stereocenters. The number of carbonyl (C=O) groups excluding carboxylic acids is 4. The van der Waals surface area contributed by atoms with Crippen LogP contribution in [0.15, 0.2) is 48.5 Å². The summed E-state index contributed by atoms with van der Waals surface area (Å²) < 4.78 is 0.